The molecule has 0 atom stereocenters. The first-order chi connectivity index (χ1) is 26.5. The van der Waals surface area contributed by atoms with E-state index in [1.165, 1.54) is 29.5 Å². The third-order valence-electron chi connectivity index (χ3n) is 7.96. The molecule has 0 radical (unpaired) electrons. The van der Waals surface area contributed by atoms with Crippen LogP contribution in [0.25, 0.3) is 0 Å². The van der Waals surface area contributed by atoms with Crippen molar-refractivity contribution in [3.05, 3.63) is 90.3 Å². The van der Waals surface area contributed by atoms with Crippen LogP contribution in [0.15, 0.2) is 73.6 Å². The normalized spacial score (nSPS) is 10.2. The Hall–Kier alpha value is -1.32. The molecule has 0 fully saturated rings. The van der Waals surface area contributed by atoms with Gasteiger partial charge in [0.2, 0.25) is 0 Å². The summed E-state index contributed by atoms with van der Waals surface area (Å²) >= 11 is 6.29. The molecule has 11 heteroatoms. The Kier molecular flexibility index (Phi) is 54.2. The van der Waals surface area contributed by atoms with Crippen molar-refractivity contribution in [3.8, 4) is 0 Å². The number of nitrogens with zero attached hydrogens (tertiary/aromatic N) is 3. The van der Waals surface area contributed by atoms with Crippen molar-refractivity contribution in [2.45, 2.75) is 166 Å². The van der Waals surface area contributed by atoms with E-state index in [0.717, 1.165) is 36.7 Å². The summed E-state index contributed by atoms with van der Waals surface area (Å²) < 4.78 is 11.5. The van der Waals surface area contributed by atoms with Gasteiger partial charge in [0.1, 0.15) is 0 Å². The molecule has 0 aliphatic heterocycles. The first-order valence-electron chi connectivity index (χ1n) is 20.8. The zero-order valence-electron chi connectivity index (χ0n) is 40.3. The van der Waals surface area contributed by atoms with Crippen LogP contribution in [0.1, 0.15) is 126 Å². The van der Waals surface area contributed by atoms with Crippen LogP contribution in [-0.4, -0.2) is 78.9 Å². The number of aromatic nitrogens is 3. The Labute approximate surface area is 373 Å². The van der Waals surface area contributed by atoms with Crippen LogP contribution < -0.4 is 0 Å². The van der Waals surface area contributed by atoms with E-state index >= 15 is 0 Å². The van der Waals surface area contributed by atoms with E-state index in [-0.39, 0.29) is 13.2 Å². The minimum Gasteiger partial charge on any atom is -0.417 e. The molecule has 3 heterocycles. The highest BCUT2D eigenvalue weighted by Crippen LogP contribution is 2.37. The minimum absolute atomic E-state index is 0.250. The molecule has 3 aromatic heterocycles. The average Bonchev–Trinajstić information content (AvgIpc) is 3.12. The van der Waals surface area contributed by atoms with Gasteiger partial charge in [-0.2, -0.15) is 0 Å². The first kappa shape index (κ1) is 67.5. The van der Waals surface area contributed by atoms with Gasteiger partial charge in [0, 0.05) is 74.3 Å². The van der Waals surface area contributed by atoms with Crippen molar-refractivity contribution in [1.82, 2.24) is 15.0 Å². The fraction of sp³-hybridized carbons (Fsp3) is 0.674. The molecule has 0 bridgehead atoms. The van der Waals surface area contributed by atoms with Gasteiger partial charge in [0.25, 0.3) is 0 Å². The van der Waals surface area contributed by atoms with Gasteiger partial charge in [-0.05, 0) is 119 Å². The molecular formula is C46H91Br2N3O4Si2. The van der Waals surface area contributed by atoms with E-state index in [0.29, 0.717) is 10.1 Å². The molecule has 57 heavy (non-hydrogen) atoms. The number of rotatable bonds is 8. The van der Waals surface area contributed by atoms with Gasteiger partial charge in [0.15, 0.2) is 16.6 Å². The Morgan fingerprint density at radius 2 is 0.807 bits per heavy atom. The van der Waals surface area contributed by atoms with Crippen molar-refractivity contribution in [2.24, 2.45) is 0 Å². The second kappa shape index (κ2) is 45.8. The van der Waals surface area contributed by atoms with Crippen molar-refractivity contribution >= 4 is 48.5 Å². The second-order valence-electron chi connectivity index (χ2n) is 15.3. The lowest BCUT2D eigenvalue weighted by Gasteiger charge is -2.35. The molecule has 0 aromatic carbocycles. The van der Waals surface area contributed by atoms with Crippen molar-refractivity contribution in [2.75, 3.05) is 37.1 Å². The molecule has 3 rings (SSSR count). The lowest BCUT2D eigenvalue weighted by molar-refractivity contribution is 0.308. The smallest absolute Gasteiger partial charge is 0.191 e. The number of hydrogen-bond acceptors (Lipinski definition) is 7. The number of pyridine rings is 3. The predicted molar refractivity (Wildman–Crippen MR) is 268 cm³/mol. The molecule has 0 amide bonds. The summed E-state index contributed by atoms with van der Waals surface area (Å²) in [6, 6.07) is 12.1. The lowest BCUT2D eigenvalue weighted by atomic mass is 10.2. The van der Waals surface area contributed by atoms with Gasteiger partial charge in [-0.15, -0.1) is 0 Å². The maximum Gasteiger partial charge on any atom is 0.191 e. The Balaban J connectivity index is -0.000000133. The molecule has 336 valence electrons. The average molecular weight is 966 g/mol. The molecule has 0 spiro atoms. The molecular weight excluding hydrogens is 875 g/mol. The van der Waals surface area contributed by atoms with Gasteiger partial charge < -0.3 is 19.1 Å². The number of hydrogen-bond donors (Lipinski definition) is 2. The molecule has 2 N–H and O–H groups in total. The van der Waals surface area contributed by atoms with E-state index in [4.69, 9.17) is 19.1 Å². The molecule has 3 aromatic rings. The topological polar surface area (TPSA) is 97.6 Å². The highest BCUT2D eigenvalue weighted by Gasteiger charge is 2.37. The maximum absolute atomic E-state index is 7.57. The minimum atomic E-state index is -1.40. The standard InChI is InChI=1S/2C8H11N.2C8H20OSi.C6H7N.2C2H5Br.2C2H6O/c2*1-2-4-8-5-3-6-9-7-8;2*1-7-9-10(5,6)8(2,3)4;1-6-3-2-4-7-5-6;4*1-2-3/h2*3,5-7H,2,4H2,1H3;2*7H2,1-6H3;2-5H,1H3;2*2H2,1H3;2*3H,2H2,1H3. The maximum atomic E-state index is 7.57. The SMILES string of the molecule is CCBr.CCBr.CCCc1cccnc1.CCCc1cccnc1.CCO.CCO.CCO[Si](C)(C)C(C)(C)C.CCO[Si](C)(C)C(C)(C)C.Cc1cccnc1. The van der Waals surface area contributed by atoms with Crippen LogP contribution in [0.4, 0.5) is 0 Å². The zero-order chi connectivity index (χ0) is 45.8. The Morgan fingerprint density at radius 1 is 0.544 bits per heavy atom. The fourth-order valence-corrected chi connectivity index (χ4v) is 5.58. The van der Waals surface area contributed by atoms with Crippen LogP contribution in [0.3, 0.4) is 0 Å². The first-order valence-corrected chi connectivity index (χ1v) is 28.9. The molecule has 0 aliphatic rings. The third kappa shape index (κ3) is 50.8. The van der Waals surface area contributed by atoms with Gasteiger partial charge in [0.05, 0.1) is 0 Å². The second-order valence-corrected chi connectivity index (χ2v) is 27.2. The van der Waals surface area contributed by atoms with E-state index < -0.39 is 16.6 Å². The zero-order valence-corrected chi connectivity index (χ0v) is 45.5. The van der Waals surface area contributed by atoms with Crippen LogP contribution in [-0.2, 0) is 21.7 Å². The van der Waals surface area contributed by atoms with Gasteiger partial charge in [-0.3, -0.25) is 15.0 Å². The van der Waals surface area contributed by atoms with Gasteiger partial charge in [-0.25, -0.2) is 0 Å². The predicted octanol–water partition coefficient (Wildman–Crippen LogP) is 14.3. The summed E-state index contributed by atoms with van der Waals surface area (Å²) in [5.74, 6) is 0. The van der Waals surface area contributed by atoms with Crippen LogP contribution in [0.2, 0.25) is 36.3 Å². The van der Waals surface area contributed by atoms with Crippen LogP contribution in [0, 0.1) is 6.92 Å². The fourth-order valence-electron chi connectivity index (χ4n) is 3.27. The molecule has 0 saturated heterocycles. The van der Waals surface area contributed by atoms with Crippen molar-refractivity contribution < 1.29 is 19.1 Å². The van der Waals surface area contributed by atoms with Crippen LogP contribution in [0.5, 0.6) is 0 Å². The van der Waals surface area contributed by atoms with Gasteiger partial charge >= 0.3 is 0 Å². The van der Waals surface area contributed by atoms with Crippen LogP contribution >= 0.6 is 31.9 Å². The van der Waals surface area contributed by atoms with E-state index in [9.17, 15) is 0 Å². The molecule has 7 nitrogen and oxygen atoms in total. The number of aryl methyl sites for hydroxylation is 3. The number of alkyl halides is 2. The van der Waals surface area contributed by atoms with E-state index in [2.05, 4.69) is 154 Å². The monoisotopic (exact) mass is 963 g/mol. The molecule has 0 unspecified atom stereocenters. The molecule has 0 aliphatic carbocycles. The van der Waals surface area contributed by atoms with Crippen molar-refractivity contribution in [3.63, 3.8) is 0 Å². The Morgan fingerprint density at radius 3 is 0.930 bits per heavy atom. The lowest BCUT2D eigenvalue weighted by Crippen LogP contribution is -2.40. The Bertz CT molecular complexity index is 1080. The van der Waals surface area contributed by atoms with Gasteiger partial charge in [-0.1, -0.05) is 132 Å². The summed E-state index contributed by atoms with van der Waals surface area (Å²) in [6.07, 6.45) is 15.7. The highest BCUT2D eigenvalue weighted by molar-refractivity contribution is 9.09. The number of aliphatic hydroxyl groups excluding tert-OH is 2. The number of aliphatic hydroxyl groups is 2. The third-order valence-corrected chi connectivity index (χ3v) is 17.2. The summed E-state index contributed by atoms with van der Waals surface area (Å²) in [7, 11) is -2.81. The largest absolute Gasteiger partial charge is 0.417 e. The summed E-state index contributed by atoms with van der Waals surface area (Å²) in [5, 5.41) is 18.0. The molecule has 0 saturated carbocycles. The summed E-state index contributed by atoms with van der Waals surface area (Å²) in [6.45, 7) is 42.8. The van der Waals surface area contributed by atoms with E-state index in [1.54, 1.807) is 32.4 Å². The quantitative estimate of drug-likeness (QED) is 0.171. The summed E-state index contributed by atoms with van der Waals surface area (Å²) in [4.78, 5) is 11.9. The van der Waals surface area contributed by atoms with E-state index in [1.807, 2.05) is 63.6 Å². The summed E-state index contributed by atoms with van der Waals surface area (Å²) in [5.41, 5.74) is 3.88. The highest BCUT2D eigenvalue weighted by atomic mass is 79.9. The number of halogens is 2. The van der Waals surface area contributed by atoms with Crippen molar-refractivity contribution in [1.29, 1.82) is 0 Å².